The highest BCUT2D eigenvalue weighted by Gasteiger charge is 2.18. The third-order valence-electron chi connectivity index (χ3n) is 3.68. The van der Waals surface area contributed by atoms with Crippen LogP contribution in [0.1, 0.15) is 11.4 Å². The van der Waals surface area contributed by atoms with Gasteiger partial charge in [0.2, 0.25) is 10.0 Å². The Balaban J connectivity index is 1.75. The zero-order valence-corrected chi connectivity index (χ0v) is 16.5. The summed E-state index contributed by atoms with van der Waals surface area (Å²) >= 11 is 9.29. The Labute approximate surface area is 159 Å². The number of rotatable bonds is 5. The lowest BCUT2D eigenvalue weighted by Crippen LogP contribution is -2.26. The van der Waals surface area contributed by atoms with Gasteiger partial charge in [0.15, 0.2) is 0 Å². The maximum absolute atomic E-state index is 12.4. The largest absolute Gasteiger partial charge is 0.250 e. The number of sulfonamides is 1. The molecule has 3 aromatic rings. The van der Waals surface area contributed by atoms with Crippen LogP contribution in [0.15, 0.2) is 51.8 Å². The molecule has 0 radical (unpaired) electrons. The Hall–Kier alpha value is -1.54. The number of aryl methyl sites for hydroxylation is 1. The van der Waals surface area contributed by atoms with Crippen molar-refractivity contribution in [1.29, 1.82) is 0 Å². The van der Waals surface area contributed by atoms with Gasteiger partial charge >= 0.3 is 0 Å². The zero-order valence-electron chi connectivity index (χ0n) is 13.3. The Kier molecular flexibility index (Phi) is 5.38. The van der Waals surface area contributed by atoms with E-state index in [1.165, 1.54) is 6.07 Å². The molecule has 1 heterocycles. The number of hydrogen-bond donors (Lipinski definition) is 1. The van der Waals surface area contributed by atoms with Crippen molar-refractivity contribution < 1.29 is 8.42 Å². The van der Waals surface area contributed by atoms with Crippen LogP contribution in [0.5, 0.6) is 0 Å². The number of hydrogen-bond acceptors (Lipinski definition) is 4. The van der Waals surface area contributed by atoms with E-state index in [2.05, 4.69) is 30.6 Å². The minimum atomic E-state index is -3.68. The molecule has 0 spiro atoms. The van der Waals surface area contributed by atoms with E-state index in [1.54, 1.807) is 12.1 Å². The number of nitrogens with zero attached hydrogens (tertiary/aromatic N) is 2. The van der Waals surface area contributed by atoms with Gasteiger partial charge in [-0.25, -0.2) is 23.1 Å². The van der Waals surface area contributed by atoms with E-state index in [1.807, 2.05) is 31.2 Å². The standard InChI is InChI=1S/C17H15BrClN3O2S/c1-11-14(22-16-5-3-2-4-15(16)21-11)8-9-20-25(23,24)17-7-6-12(18)10-13(17)19/h2-7,10,20H,8-9H2,1H3. The molecule has 0 saturated heterocycles. The monoisotopic (exact) mass is 439 g/mol. The predicted molar refractivity (Wildman–Crippen MR) is 102 cm³/mol. The van der Waals surface area contributed by atoms with Gasteiger partial charge in [0, 0.05) is 17.4 Å². The molecule has 0 saturated carbocycles. The van der Waals surface area contributed by atoms with Crippen molar-refractivity contribution in [1.82, 2.24) is 14.7 Å². The van der Waals surface area contributed by atoms with Crippen molar-refractivity contribution in [3.05, 3.63) is 63.3 Å². The lowest BCUT2D eigenvalue weighted by Gasteiger charge is -2.10. The van der Waals surface area contributed by atoms with E-state index in [0.717, 1.165) is 26.9 Å². The quantitative estimate of drug-likeness (QED) is 0.653. The lowest BCUT2D eigenvalue weighted by molar-refractivity contribution is 0.581. The molecule has 2 aromatic carbocycles. The van der Waals surface area contributed by atoms with Crippen molar-refractivity contribution in [3.8, 4) is 0 Å². The topological polar surface area (TPSA) is 72.0 Å². The van der Waals surface area contributed by atoms with Crippen LogP contribution in [-0.2, 0) is 16.4 Å². The summed E-state index contributed by atoms with van der Waals surface area (Å²) in [7, 11) is -3.68. The Bertz CT molecular complexity index is 1040. The van der Waals surface area contributed by atoms with Crippen LogP contribution in [0.2, 0.25) is 5.02 Å². The highest BCUT2D eigenvalue weighted by molar-refractivity contribution is 9.10. The highest BCUT2D eigenvalue weighted by Crippen LogP contribution is 2.25. The predicted octanol–water partition coefficient (Wildman–Crippen LogP) is 3.88. The fourth-order valence-corrected chi connectivity index (χ4v) is 4.50. The molecule has 0 unspecified atom stereocenters. The van der Waals surface area contributed by atoms with Gasteiger partial charge in [-0.15, -0.1) is 0 Å². The summed E-state index contributed by atoms with van der Waals surface area (Å²) in [6.07, 6.45) is 0.442. The summed E-state index contributed by atoms with van der Waals surface area (Å²) in [5.74, 6) is 0. The first-order valence-corrected chi connectivity index (χ1v) is 10.2. The summed E-state index contributed by atoms with van der Waals surface area (Å²) in [6, 6.07) is 12.2. The van der Waals surface area contributed by atoms with Crippen molar-refractivity contribution >= 4 is 48.6 Å². The van der Waals surface area contributed by atoms with Gasteiger partial charge in [-0.2, -0.15) is 0 Å². The molecule has 5 nitrogen and oxygen atoms in total. The van der Waals surface area contributed by atoms with Crippen LogP contribution >= 0.6 is 27.5 Å². The van der Waals surface area contributed by atoms with E-state index in [-0.39, 0.29) is 16.5 Å². The number of nitrogens with one attached hydrogen (secondary N) is 1. The van der Waals surface area contributed by atoms with Gasteiger partial charge in [0.05, 0.1) is 27.4 Å². The van der Waals surface area contributed by atoms with E-state index >= 15 is 0 Å². The van der Waals surface area contributed by atoms with Crippen LogP contribution in [0.3, 0.4) is 0 Å². The molecule has 0 atom stereocenters. The minimum absolute atomic E-state index is 0.0543. The maximum atomic E-state index is 12.4. The van der Waals surface area contributed by atoms with Gasteiger partial charge in [0.1, 0.15) is 4.90 Å². The summed E-state index contributed by atoms with van der Waals surface area (Å²) < 4.78 is 28.1. The van der Waals surface area contributed by atoms with E-state index in [4.69, 9.17) is 11.6 Å². The Morgan fingerprint density at radius 1 is 1.12 bits per heavy atom. The molecule has 0 aliphatic carbocycles. The van der Waals surface area contributed by atoms with E-state index in [0.29, 0.717) is 6.42 Å². The highest BCUT2D eigenvalue weighted by atomic mass is 79.9. The smallest absolute Gasteiger partial charge is 0.242 e. The molecule has 1 aromatic heterocycles. The molecule has 0 aliphatic heterocycles. The van der Waals surface area contributed by atoms with E-state index < -0.39 is 10.0 Å². The number of benzene rings is 2. The normalized spacial score (nSPS) is 11.8. The van der Waals surface area contributed by atoms with Crippen LogP contribution in [-0.4, -0.2) is 24.9 Å². The van der Waals surface area contributed by atoms with Gasteiger partial charge < -0.3 is 0 Å². The molecular formula is C17H15BrClN3O2S. The molecule has 3 rings (SSSR count). The van der Waals surface area contributed by atoms with Gasteiger partial charge in [-0.3, -0.25) is 0 Å². The molecule has 1 N–H and O–H groups in total. The number of aromatic nitrogens is 2. The van der Waals surface area contributed by atoms with Crippen LogP contribution < -0.4 is 4.72 Å². The summed E-state index contributed by atoms with van der Waals surface area (Å²) in [6.45, 7) is 2.08. The average molecular weight is 441 g/mol. The number of para-hydroxylation sites is 2. The molecule has 0 bridgehead atoms. The lowest BCUT2D eigenvalue weighted by atomic mass is 10.2. The third-order valence-corrected chi connectivity index (χ3v) is 6.12. The SMILES string of the molecule is Cc1nc2ccccc2nc1CCNS(=O)(=O)c1ccc(Br)cc1Cl. The first-order chi connectivity index (χ1) is 11.9. The molecular weight excluding hydrogens is 426 g/mol. The number of fused-ring (bicyclic) bond motifs is 1. The van der Waals surface area contributed by atoms with Crippen molar-refractivity contribution in [2.75, 3.05) is 6.54 Å². The fourth-order valence-electron chi connectivity index (χ4n) is 2.44. The summed E-state index contributed by atoms with van der Waals surface area (Å²) in [5.41, 5.74) is 3.18. The Morgan fingerprint density at radius 3 is 2.48 bits per heavy atom. The van der Waals surface area contributed by atoms with Crippen molar-refractivity contribution in [2.24, 2.45) is 0 Å². The van der Waals surface area contributed by atoms with Gasteiger partial charge in [-0.05, 0) is 37.3 Å². The second-order valence-corrected chi connectivity index (χ2v) is 8.53. The fraction of sp³-hybridized carbons (Fsp3) is 0.176. The van der Waals surface area contributed by atoms with E-state index in [9.17, 15) is 8.42 Å². The summed E-state index contributed by atoms with van der Waals surface area (Å²) in [5, 5.41) is 0.170. The Morgan fingerprint density at radius 2 is 1.80 bits per heavy atom. The first-order valence-electron chi connectivity index (χ1n) is 7.54. The zero-order chi connectivity index (χ0) is 18.0. The molecule has 0 fully saturated rings. The maximum Gasteiger partial charge on any atom is 0.242 e. The van der Waals surface area contributed by atoms with Gasteiger partial charge in [-0.1, -0.05) is 39.7 Å². The van der Waals surface area contributed by atoms with Crippen molar-refractivity contribution in [3.63, 3.8) is 0 Å². The average Bonchev–Trinajstić information content (AvgIpc) is 2.54. The molecule has 0 amide bonds. The van der Waals surface area contributed by atoms with Gasteiger partial charge in [0.25, 0.3) is 0 Å². The first kappa shape index (κ1) is 18.3. The second-order valence-electron chi connectivity index (χ2n) is 5.47. The molecule has 8 heteroatoms. The minimum Gasteiger partial charge on any atom is -0.250 e. The molecule has 130 valence electrons. The third kappa shape index (κ3) is 4.17. The second kappa shape index (κ2) is 7.37. The van der Waals surface area contributed by atoms with Crippen LogP contribution in [0.25, 0.3) is 11.0 Å². The summed E-state index contributed by atoms with van der Waals surface area (Å²) in [4.78, 5) is 9.13. The van der Waals surface area contributed by atoms with Crippen molar-refractivity contribution in [2.45, 2.75) is 18.2 Å². The molecule has 0 aliphatic rings. The molecule has 25 heavy (non-hydrogen) atoms. The van der Waals surface area contributed by atoms with Crippen LogP contribution in [0, 0.1) is 6.92 Å². The number of halogens is 2. The van der Waals surface area contributed by atoms with Crippen LogP contribution in [0.4, 0.5) is 0 Å².